The zero-order valence-electron chi connectivity index (χ0n) is 9.26. The molecule has 0 radical (unpaired) electrons. The number of hydrogen-bond donors (Lipinski definition) is 4. The summed E-state index contributed by atoms with van der Waals surface area (Å²) in [6.45, 7) is 1.60. The molecule has 0 unspecified atom stereocenters. The van der Waals surface area contributed by atoms with Crippen molar-refractivity contribution in [3.63, 3.8) is 0 Å². The molecule has 2 heterocycles. The molecule has 0 aliphatic heterocycles. The van der Waals surface area contributed by atoms with Crippen molar-refractivity contribution in [1.29, 1.82) is 0 Å². The number of thiocarbonyl (C=S) groups is 1. The third-order valence-corrected chi connectivity index (χ3v) is 3.90. The first-order valence-electron chi connectivity index (χ1n) is 4.78. The normalized spacial score (nSPS) is 11.4. The minimum Gasteiger partial charge on any atom is -0.389 e. The molecular formula is C8H10N6O2S2. The van der Waals surface area contributed by atoms with Crippen LogP contribution < -0.4 is 10.5 Å². The fourth-order valence-corrected chi connectivity index (χ4v) is 2.68. The number of anilines is 1. The predicted molar refractivity (Wildman–Crippen MR) is 68.6 cm³/mol. The van der Waals surface area contributed by atoms with Crippen molar-refractivity contribution in [3.8, 4) is 0 Å². The van der Waals surface area contributed by atoms with E-state index in [-0.39, 0.29) is 15.7 Å². The van der Waals surface area contributed by atoms with Gasteiger partial charge in [-0.1, -0.05) is 12.2 Å². The van der Waals surface area contributed by atoms with Gasteiger partial charge in [-0.3, -0.25) is 14.9 Å². The van der Waals surface area contributed by atoms with Gasteiger partial charge in [-0.05, 0) is 6.92 Å². The summed E-state index contributed by atoms with van der Waals surface area (Å²) >= 11 is 4.78. The number of aromatic amines is 2. The molecule has 10 heteroatoms. The number of nitrogens with zero attached hydrogens (tertiary/aromatic N) is 2. The number of hydrogen-bond acceptors (Lipinski definition) is 5. The molecule has 0 aliphatic rings. The Morgan fingerprint density at radius 3 is 2.61 bits per heavy atom. The fourth-order valence-electron chi connectivity index (χ4n) is 1.35. The van der Waals surface area contributed by atoms with Crippen LogP contribution in [0.4, 0.5) is 5.82 Å². The van der Waals surface area contributed by atoms with E-state index in [1.807, 2.05) is 0 Å². The highest BCUT2D eigenvalue weighted by molar-refractivity contribution is 7.92. The number of rotatable bonds is 4. The quantitative estimate of drug-likeness (QED) is 0.580. The number of nitrogens with one attached hydrogen (secondary N) is 3. The maximum atomic E-state index is 12.1. The van der Waals surface area contributed by atoms with Crippen LogP contribution in [0, 0.1) is 6.92 Å². The molecule has 0 bridgehead atoms. The third kappa shape index (κ3) is 2.19. The molecule has 0 aromatic carbocycles. The largest absolute Gasteiger partial charge is 0.389 e. The first-order chi connectivity index (χ1) is 8.42. The molecule has 8 nitrogen and oxygen atoms in total. The van der Waals surface area contributed by atoms with Crippen molar-refractivity contribution in [2.24, 2.45) is 5.73 Å². The molecule has 0 atom stereocenters. The molecule has 96 valence electrons. The molecule has 0 saturated carbocycles. The minimum atomic E-state index is -3.76. The van der Waals surface area contributed by atoms with Crippen LogP contribution in [0.3, 0.4) is 0 Å². The van der Waals surface area contributed by atoms with Gasteiger partial charge in [-0.25, -0.2) is 8.42 Å². The highest BCUT2D eigenvalue weighted by Gasteiger charge is 2.21. The number of aromatic nitrogens is 4. The van der Waals surface area contributed by atoms with Gasteiger partial charge < -0.3 is 5.73 Å². The molecule has 2 aromatic rings. The van der Waals surface area contributed by atoms with E-state index in [2.05, 4.69) is 25.1 Å². The highest BCUT2D eigenvalue weighted by atomic mass is 32.2. The van der Waals surface area contributed by atoms with Crippen LogP contribution in [0.15, 0.2) is 17.3 Å². The Hall–Kier alpha value is -1.94. The van der Waals surface area contributed by atoms with Gasteiger partial charge in [-0.2, -0.15) is 10.2 Å². The van der Waals surface area contributed by atoms with E-state index in [1.165, 1.54) is 12.4 Å². The second-order valence-electron chi connectivity index (χ2n) is 3.49. The van der Waals surface area contributed by atoms with E-state index in [4.69, 9.17) is 18.0 Å². The zero-order valence-corrected chi connectivity index (χ0v) is 10.9. The number of aryl methyl sites for hydroxylation is 1. The molecular weight excluding hydrogens is 276 g/mol. The summed E-state index contributed by atoms with van der Waals surface area (Å²) in [5.74, 6) is 0.128. The van der Waals surface area contributed by atoms with Gasteiger partial charge in [0, 0.05) is 0 Å². The van der Waals surface area contributed by atoms with Crippen LogP contribution in [-0.2, 0) is 10.0 Å². The van der Waals surface area contributed by atoms with Gasteiger partial charge in [-0.15, -0.1) is 0 Å². The molecule has 0 spiro atoms. The van der Waals surface area contributed by atoms with Gasteiger partial charge in [0.2, 0.25) is 0 Å². The van der Waals surface area contributed by atoms with Crippen molar-refractivity contribution in [2.75, 3.05) is 4.72 Å². The molecule has 2 rings (SSSR count). The Kier molecular flexibility index (Phi) is 3.05. The van der Waals surface area contributed by atoms with Crippen LogP contribution in [0.1, 0.15) is 11.3 Å². The van der Waals surface area contributed by atoms with E-state index in [1.54, 1.807) is 6.92 Å². The number of sulfonamides is 1. The summed E-state index contributed by atoms with van der Waals surface area (Å²) < 4.78 is 26.4. The van der Waals surface area contributed by atoms with E-state index in [9.17, 15) is 8.42 Å². The van der Waals surface area contributed by atoms with E-state index >= 15 is 0 Å². The second-order valence-corrected chi connectivity index (χ2v) is 5.58. The molecule has 0 fully saturated rings. The van der Waals surface area contributed by atoms with Gasteiger partial charge >= 0.3 is 0 Å². The molecule has 18 heavy (non-hydrogen) atoms. The van der Waals surface area contributed by atoms with Gasteiger partial charge in [0.15, 0.2) is 0 Å². The smallest absolute Gasteiger partial charge is 0.266 e. The van der Waals surface area contributed by atoms with E-state index in [0.717, 1.165) is 0 Å². The molecule has 0 saturated heterocycles. The van der Waals surface area contributed by atoms with Crippen molar-refractivity contribution in [2.45, 2.75) is 11.8 Å². The first kappa shape index (κ1) is 12.5. The maximum Gasteiger partial charge on any atom is 0.266 e. The van der Waals surface area contributed by atoms with Crippen molar-refractivity contribution in [1.82, 2.24) is 20.4 Å². The monoisotopic (exact) mass is 286 g/mol. The van der Waals surface area contributed by atoms with Gasteiger partial charge in [0.05, 0.1) is 23.7 Å². The van der Waals surface area contributed by atoms with Crippen molar-refractivity contribution in [3.05, 3.63) is 23.7 Å². The summed E-state index contributed by atoms with van der Waals surface area (Å²) in [5.41, 5.74) is 6.20. The van der Waals surface area contributed by atoms with Crippen molar-refractivity contribution < 1.29 is 8.42 Å². The summed E-state index contributed by atoms with van der Waals surface area (Å²) in [5, 5.41) is 12.4. The summed E-state index contributed by atoms with van der Waals surface area (Å²) in [6.07, 6.45) is 2.57. The Bertz CT molecular complexity index is 686. The standard InChI is InChI=1S/C8H10N6O2S2/c1-4-6(3-11-12-4)18(15,16)14-8-5(7(9)17)2-10-13-8/h2-3H,1H3,(H2,9,17)(H,11,12)(H2,10,13,14). The van der Waals surface area contributed by atoms with Crippen molar-refractivity contribution >= 4 is 33.0 Å². The Morgan fingerprint density at radius 2 is 2.06 bits per heavy atom. The lowest BCUT2D eigenvalue weighted by Gasteiger charge is -2.06. The molecule has 0 aliphatic carbocycles. The van der Waals surface area contributed by atoms with Crippen LogP contribution in [0.5, 0.6) is 0 Å². The minimum absolute atomic E-state index is 0.0466. The highest BCUT2D eigenvalue weighted by Crippen LogP contribution is 2.18. The first-order valence-corrected chi connectivity index (χ1v) is 6.67. The summed E-state index contributed by atoms with van der Waals surface area (Å²) in [6, 6.07) is 0. The fraction of sp³-hybridized carbons (Fsp3) is 0.125. The second kappa shape index (κ2) is 4.38. The van der Waals surface area contributed by atoms with Crippen LogP contribution >= 0.6 is 12.2 Å². The van der Waals surface area contributed by atoms with Gasteiger partial charge in [0.1, 0.15) is 15.7 Å². The lowest BCUT2D eigenvalue weighted by atomic mass is 10.3. The topological polar surface area (TPSA) is 130 Å². The Morgan fingerprint density at radius 1 is 1.39 bits per heavy atom. The average molecular weight is 286 g/mol. The average Bonchev–Trinajstić information content (AvgIpc) is 2.86. The van der Waals surface area contributed by atoms with E-state index in [0.29, 0.717) is 11.3 Å². The van der Waals surface area contributed by atoms with E-state index < -0.39 is 10.0 Å². The predicted octanol–water partition coefficient (Wildman–Crippen LogP) is -0.124. The Balaban J connectivity index is 2.37. The van der Waals surface area contributed by atoms with Crippen LogP contribution in [0.25, 0.3) is 0 Å². The van der Waals surface area contributed by atoms with Gasteiger partial charge in [0.25, 0.3) is 10.0 Å². The Labute approximate surface area is 108 Å². The maximum absolute atomic E-state index is 12.1. The molecule has 0 amide bonds. The lowest BCUT2D eigenvalue weighted by molar-refractivity contribution is 0.600. The number of nitrogens with two attached hydrogens (primary N) is 1. The zero-order chi connectivity index (χ0) is 13.3. The summed E-state index contributed by atoms with van der Waals surface area (Å²) in [7, 11) is -3.76. The SMILES string of the molecule is Cc1[nH]ncc1S(=O)(=O)Nc1[nH]ncc1C(N)=S. The number of H-pyrrole nitrogens is 2. The lowest BCUT2D eigenvalue weighted by Crippen LogP contribution is -2.17. The third-order valence-electron chi connectivity index (χ3n) is 2.21. The van der Waals surface area contributed by atoms with Crippen LogP contribution in [-0.4, -0.2) is 33.8 Å². The van der Waals surface area contributed by atoms with Crippen LogP contribution in [0.2, 0.25) is 0 Å². The molecule has 5 N–H and O–H groups in total. The molecule has 2 aromatic heterocycles. The summed E-state index contributed by atoms with van der Waals surface area (Å²) in [4.78, 5) is 0.0938.